The van der Waals surface area contributed by atoms with Crippen LogP contribution < -0.4 is 10.6 Å². The summed E-state index contributed by atoms with van der Waals surface area (Å²) in [6.07, 6.45) is 0.631. The number of hydrogen-bond acceptors (Lipinski definition) is 8. The van der Waals surface area contributed by atoms with Gasteiger partial charge in [-0.25, -0.2) is 13.8 Å². The molecule has 2 N–H and O–H groups in total. The summed E-state index contributed by atoms with van der Waals surface area (Å²) in [4.78, 5) is 33.1. The van der Waals surface area contributed by atoms with Gasteiger partial charge in [0.2, 0.25) is 0 Å². The van der Waals surface area contributed by atoms with Gasteiger partial charge in [-0.15, -0.1) is 0 Å². The van der Waals surface area contributed by atoms with E-state index in [1.165, 1.54) is 12.1 Å². The van der Waals surface area contributed by atoms with Crippen molar-refractivity contribution in [2.24, 2.45) is 0 Å². The van der Waals surface area contributed by atoms with E-state index in [0.29, 0.717) is 53.6 Å². The summed E-state index contributed by atoms with van der Waals surface area (Å²) in [5.74, 6) is 0.523. The molecule has 2 amide bonds. The first-order valence-electron chi connectivity index (χ1n) is 19.2. The Kier molecular flexibility index (Phi) is 14.9. The lowest BCUT2D eigenvalue weighted by molar-refractivity contribution is 0.0186. The van der Waals surface area contributed by atoms with E-state index in [0.717, 1.165) is 33.8 Å². The van der Waals surface area contributed by atoms with Crippen LogP contribution in [0.4, 0.5) is 14.6 Å². The van der Waals surface area contributed by atoms with Crippen LogP contribution in [0.5, 0.6) is 0 Å². The highest BCUT2D eigenvalue weighted by molar-refractivity contribution is 7.86. The number of aryl methyl sites for hydroxylation is 4. The number of aromatic nitrogens is 1. The molecule has 2 saturated heterocycles. The number of rotatable bonds is 11. The average molecular weight is 859 g/mol. The molecule has 2 aliphatic heterocycles. The molecule has 10 nitrogen and oxygen atoms in total. The number of nitrogens with zero attached hydrogens (tertiary/aromatic N) is 3. The molecule has 0 radical (unpaired) electrons. The average Bonchev–Trinajstić information content (AvgIpc) is 3.20. The van der Waals surface area contributed by atoms with Crippen molar-refractivity contribution in [2.75, 3.05) is 51.7 Å². The molecule has 3 aromatic carbocycles. The van der Waals surface area contributed by atoms with Gasteiger partial charge in [-0.3, -0.25) is 13.8 Å². The molecule has 58 heavy (non-hydrogen) atoms. The molecule has 0 bridgehead atoms. The van der Waals surface area contributed by atoms with Crippen molar-refractivity contribution in [3.63, 3.8) is 0 Å². The quantitative estimate of drug-likeness (QED) is 0.144. The molecule has 312 valence electrons. The van der Waals surface area contributed by atoms with Crippen LogP contribution in [-0.4, -0.2) is 92.7 Å². The molecule has 0 saturated carbocycles. The van der Waals surface area contributed by atoms with Gasteiger partial charge in [0.25, 0.3) is 21.9 Å². The van der Waals surface area contributed by atoms with E-state index in [2.05, 4.69) is 15.6 Å². The van der Waals surface area contributed by atoms with E-state index in [-0.39, 0.29) is 49.2 Å². The number of hydrogen-bond donors (Lipinski definition) is 2. The summed E-state index contributed by atoms with van der Waals surface area (Å²) in [6.45, 7) is 8.91. The third-order valence-electron chi connectivity index (χ3n) is 10.7. The minimum absolute atomic E-state index is 0.00174. The third-order valence-corrected chi connectivity index (χ3v) is 12.7. The lowest BCUT2D eigenvalue weighted by Crippen LogP contribution is -2.48. The van der Waals surface area contributed by atoms with Gasteiger partial charge >= 0.3 is 0 Å². The van der Waals surface area contributed by atoms with Crippen molar-refractivity contribution in [1.82, 2.24) is 20.1 Å². The van der Waals surface area contributed by atoms with Crippen LogP contribution >= 0.6 is 23.2 Å². The maximum Gasteiger partial charge on any atom is 0.297 e. The van der Waals surface area contributed by atoms with Crippen LogP contribution in [0.2, 0.25) is 10.0 Å². The van der Waals surface area contributed by atoms with Crippen LogP contribution in [0.15, 0.2) is 77.7 Å². The number of benzene rings is 3. The number of carbonyl (C=O) groups is 2. The minimum atomic E-state index is -4.03. The van der Waals surface area contributed by atoms with Gasteiger partial charge < -0.3 is 20.4 Å². The van der Waals surface area contributed by atoms with Gasteiger partial charge in [-0.05, 0) is 86.8 Å². The zero-order valence-corrected chi connectivity index (χ0v) is 35.8. The van der Waals surface area contributed by atoms with Crippen LogP contribution in [-0.2, 0) is 20.8 Å². The molecule has 0 unspecified atom stereocenters. The predicted octanol–water partition coefficient (Wildman–Crippen LogP) is 8.43. The van der Waals surface area contributed by atoms with Crippen molar-refractivity contribution < 1.29 is 31.0 Å². The molecular formula is C43H51Cl2F2N5O5S. The van der Waals surface area contributed by atoms with Gasteiger partial charge in [0.05, 0.1) is 10.6 Å². The molecule has 6 rings (SSSR count). The van der Waals surface area contributed by atoms with Gasteiger partial charge in [0.1, 0.15) is 23.8 Å². The second kappa shape index (κ2) is 19.3. The molecule has 0 spiro atoms. The van der Waals surface area contributed by atoms with E-state index >= 15 is 8.78 Å². The molecule has 2 fully saturated rings. The number of anilines is 1. The smallest absolute Gasteiger partial charge is 0.297 e. The van der Waals surface area contributed by atoms with Crippen LogP contribution in [0.3, 0.4) is 0 Å². The maximum absolute atomic E-state index is 15.2. The normalized spacial score (nSPS) is 16.3. The fraction of sp³-hybridized carbons (Fsp3) is 0.419. The van der Waals surface area contributed by atoms with Crippen LogP contribution in [0, 0.1) is 27.7 Å². The number of amides is 2. The van der Waals surface area contributed by atoms with Crippen molar-refractivity contribution in [1.29, 1.82) is 0 Å². The van der Waals surface area contributed by atoms with Crippen molar-refractivity contribution >= 4 is 51.0 Å². The van der Waals surface area contributed by atoms with E-state index in [9.17, 15) is 18.0 Å². The second-order valence-corrected chi connectivity index (χ2v) is 17.6. The Balaban J connectivity index is 0.000000221. The van der Waals surface area contributed by atoms with Crippen LogP contribution in [0.1, 0.15) is 74.3 Å². The Morgan fingerprint density at radius 1 is 0.741 bits per heavy atom. The highest BCUT2D eigenvalue weighted by Crippen LogP contribution is 2.31. The minimum Gasteiger partial charge on any atom is -0.373 e. The van der Waals surface area contributed by atoms with Crippen molar-refractivity contribution in [3.05, 3.63) is 122 Å². The number of carbonyl (C=O) groups excluding carboxylic acids is 2. The standard InChI is InChI=1S/C22H28ClFN4O.C21H23ClFNO4S/c1-15-4-6-17(12-19(15)23)21(29)28-10-8-22(24,9-11-28)14-26-13-18-7-5-16(2)20(25-3)27-18;1-15-3-7-18(8-4-15)29(26,27)28-14-21(23)9-11-24(12-10-21)20(25)17-6-5-16(2)19(22)13-17/h4-7,12,26H,8-11,13-14H2,1-3H3,(H,25,27);3-8,13H,9-12,14H2,1-2H3. The number of likely N-dealkylation sites (tertiary alicyclic amines) is 2. The first kappa shape index (κ1) is 45.0. The summed E-state index contributed by atoms with van der Waals surface area (Å²) in [5, 5.41) is 7.32. The third kappa shape index (κ3) is 11.7. The summed E-state index contributed by atoms with van der Waals surface area (Å²) < 4.78 is 59.8. The molecular weight excluding hydrogens is 807 g/mol. The van der Waals surface area contributed by atoms with E-state index in [1.54, 1.807) is 52.3 Å². The summed E-state index contributed by atoms with van der Waals surface area (Å²) >= 11 is 12.2. The number of nitrogens with one attached hydrogen (secondary N) is 2. The summed E-state index contributed by atoms with van der Waals surface area (Å²) in [7, 11) is -2.20. The Labute approximate surface area is 350 Å². The SMILES string of the molecule is CNc1nc(CNCC2(F)CCN(C(=O)c3ccc(C)c(Cl)c3)CC2)ccc1C.Cc1ccc(S(=O)(=O)OCC2(F)CCN(C(=O)c3ccc(C)c(Cl)c3)CC2)cc1. The fourth-order valence-electron chi connectivity index (χ4n) is 6.65. The maximum atomic E-state index is 15.2. The first-order chi connectivity index (χ1) is 27.4. The summed E-state index contributed by atoms with van der Waals surface area (Å²) in [5.41, 5.74) is 2.53. The van der Waals surface area contributed by atoms with Gasteiger partial charge in [-0.1, -0.05) is 59.1 Å². The molecule has 1 aromatic heterocycles. The molecule has 0 aliphatic carbocycles. The fourth-order valence-corrected chi connectivity index (χ4v) is 7.98. The van der Waals surface area contributed by atoms with E-state index in [4.69, 9.17) is 27.4 Å². The number of halogens is 4. The Morgan fingerprint density at radius 3 is 1.71 bits per heavy atom. The lowest BCUT2D eigenvalue weighted by atomic mass is 9.92. The zero-order valence-electron chi connectivity index (χ0n) is 33.5. The van der Waals surface area contributed by atoms with E-state index < -0.39 is 28.1 Å². The van der Waals surface area contributed by atoms with Gasteiger partial charge in [-0.2, -0.15) is 8.42 Å². The van der Waals surface area contributed by atoms with E-state index in [1.807, 2.05) is 52.9 Å². The molecule has 4 aromatic rings. The van der Waals surface area contributed by atoms with Crippen LogP contribution in [0.25, 0.3) is 0 Å². The number of alkyl halides is 2. The topological polar surface area (TPSA) is 121 Å². The predicted molar refractivity (Wildman–Crippen MR) is 225 cm³/mol. The highest BCUT2D eigenvalue weighted by Gasteiger charge is 2.39. The van der Waals surface area contributed by atoms with Crippen molar-refractivity contribution in [2.45, 2.75) is 76.2 Å². The van der Waals surface area contributed by atoms with Gasteiger partial charge in [0.15, 0.2) is 0 Å². The Bertz CT molecular complexity index is 2190. The first-order valence-corrected chi connectivity index (χ1v) is 21.4. The monoisotopic (exact) mass is 857 g/mol. The Hall–Kier alpha value is -4.14. The summed E-state index contributed by atoms with van der Waals surface area (Å²) in [6, 6.07) is 20.5. The largest absolute Gasteiger partial charge is 0.373 e. The lowest BCUT2D eigenvalue weighted by Gasteiger charge is -2.36. The second-order valence-electron chi connectivity index (χ2n) is 15.2. The molecule has 15 heteroatoms. The molecule has 0 atom stereocenters. The Morgan fingerprint density at radius 2 is 1.22 bits per heavy atom. The number of pyridine rings is 1. The van der Waals surface area contributed by atoms with Crippen molar-refractivity contribution in [3.8, 4) is 0 Å². The highest BCUT2D eigenvalue weighted by atomic mass is 35.5. The zero-order chi connectivity index (χ0) is 42.3. The van der Waals surface area contributed by atoms with Gasteiger partial charge in [0, 0.05) is 93.2 Å². The number of piperidine rings is 2. The molecule has 2 aliphatic rings. The molecule has 3 heterocycles.